The number of hydrogen-bond acceptors (Lipinski definition) is 5. The maximum absolute atomic E-state index is 13.6. The van der Waals surface area contributed by atoms with Crippen molar-refractivity contribution in [2.24, 2.45) is 0 Å². The minimum absolute atomic E-state index is 0.0687. The Morgan fingerprint density at radius 2 is 1.85 bits per heavy atom. The van der Waals surface area contributed by atoms with Crippen LogP contribution in [0.2, 0.25) is 0 Å². The lowest BCUT2D eigenvalue weighted by atomic mass is 10.1. The summed E-state index contributed by atoms with van der Waals surface area (Å²) in [5, 5.41) is 5.69. The normalized spacial score (nSPS) is 14.5. The first-order chi connectivity index (χ1) is 16.4. The second kappa shape index (κ2) is 10.4. The molecule has 1 aliphatic carbocycles. The number of carbonyl (C=O) groups is 3. The Morgan fingerprint density at radius 1 is 1.06 bits per heavy atom. The molecule has 1 fully saturated rings. The lowest BCUT2D eigenvalue weighted by molar-refractivity contribution is -0.127. The van der Waals surface area contributed by atoms with Crippen molar-refractivity contribution in [1.29, 1.82) is 0 Å². The largest absolute Gasteiger partial charge is 0.464 e. The molecule has 0 bridgehead atoms. The summed E-state index contributed by atoms with van der Waals surface area (Å²) in [5.74, 6) is -0.174. The number of nitrogens with one attached hydrogen (secondary N) is 2. The Balaban J connectivity index is 1.66. The number of furan rings is 2. The maximum atomic E-state index is 13.6. The molecule has 0 saturated heterocycles. The molecule has 2 N–H and O–H groups in total. The summed E-state index contributed by atoms with van der Waals surface area (Å²) >= 11 is 0. The topological polar surface area (TPSA) is 105 Å². The van der Waals surface area contributed by atoms with Gasteiger partial charge >= 0.3 is 0 Å². The van der Waals surface area contributed by atoms with Crippen LogP contribution in [0.3, 0.4) is 0 Å². The van der Waals surface area contributed by atoms with Gasteiger partial charge in [0.25, 0.3) is 11.8 Å². The molecule has 1 saturated carbocycles. The second-order valence-corrected chi connectivity index (χ2v) is 8.60. The molecule has 1 unspecified atom stereocenters. The molecule has 3 aromatic rings. The highest BCUT2D eigenvalue weighted by molar-refractivity contribution is 6.04. The zero-order valence-electron chi connectivity index (χ0n) is 19.4. The third-order valence-corrected chi connectivity index (χ3v) is 5.93. The third-order valence-electron chi connectivity index (χ3n) is 5.93. The molecule has 8 heteroatoms. The molecule has 0 radical (unpaired) electrons. The average Bonchev–Trinajstić information content (AvgIpc) is 3.59. The van der Waals surface area contributed by atoms with Crippen LogP contribution in [-0.4, -0.2) is 30.3 Å². The van der Waals surface area contributed by atoms with E-state index in [0.717, 1.165) is 31.2 Å². The molecule has 3 amide bonds. The van der Waals surface area contributed by atoms with E-state index in [4.69, 9.17) is 8.83 Å². The number of nitrogens with zero attached hydrogens (tertiary/aromatic N) is 1. The highest BCUT2D eigenvalue weighted by Crippen LogP contribution is 2.31. The monoisotopic (exact) mass is 463 g/mol. The molecule has 2 heterocycles. The summed E-state index contributed by atoms with van der Waals surface area (Å²) in [6.45, 7) is 3.38. The van der Waals surface area contributed by atoms with Crippen molar-refractivity contribution < 1.29 is 23.2 Å². The van der Waals surface area contributed by atoms with Crippen molar-refractivity contribution in [3.05, 3.63) is 77.6 Å². The first-order valence-corrected chi connectivity index (χ1v) is 11.5. The van der Waals surface area contributed by atoms with Crippen molar-refractivity contribution in [1.82, 2.24) is 10.6 Å². The lowest BCUT2D eigenvalue weighted by Crippen LogP contribution is -2.49. The SMILES string of the molecule is Cc1cccc(N(C(=O)CNC(=O)c2ccco2)C(C(=O)NC2CCCC2)c2ccc(C)o2)c1. The number of rotatable bonds is 8. The van der Waals surface area contributed by atoms with Gasteiger partial charge in [-0.15, -0.1) is 0 Å². The van der Waals surface area contributed by atoms with E-state index in [2.05, 4.69) is 10.6 Å². The summed E-state index contributed by atoms with van der Waals surface area (Å²) in [6, 6.07) is 13.0. The molecule has 0 spiro atoms. The van der Waals surface area contributed by atoms with Gasteiger partial charge in [-0.2, -0.15) is 0 Å². The van der Waals surface area contributed by atoms with Crippen LogP contribution in [0.1, 0.15) is 59.4 Å². The minimum Gasteiger partial charge on any atom is -0.464 e. The van der Waals surface area contributed by atoms with E-state index < -0.39 is 17.9 Å². The second-order valence-electron chi connectivity index (χ2n) is 8.60. The lowest BCUT2D eigenvalue weighted by Gasteiger charge is -2.31. The molecule has 34 heavy (non-hydrogen) atoms. The van der Waals surface area contributed by atoms with Crippen LogP contribution in [0.15, 0.2) is 63.6 Å². The van der Waals surface area contributed by atoms with Crippen molar-refractivity contribution in [3.8, 4) is 0 Å². The van der Waals surface area contributed by atoms with Gasteiger partial charge in [0, 0.05) is 11.7 Å². The zero-order valence-corrected chi connectivity index (χ0v) is 19.4. The molecule has 1 aliphatic rings. The molecule has 178 valence electrons. The van der Waals surface area contributed by atoms with Crippen molar-refractivity contribution in [2.45, 2.75) is 51.6 Å². The van der Waals surface area contributed by atoms with Crippen molar-refractivity contribution in [2.75, 3.05) is 11.4 Å². The third kappa shape index (κ3) is 5.39. The Hall–Kier alpha value is -3.81. The van der Waals surface area contributed by atoms with Gasteiger partial charge in [0.05, 0.1) is 12.8 Å². The molecule has 0 aliphatic heterocycles. The van der Waals surface area contributed by atoms with Gasteiger partial charge in [0.2, 0.25) is 5.91 Å². The van der Waals surface area contributed by atoms with Gasteiger partial charge < -0.3 is 19.5 Å². The van der Waals surface area contributed by atoms with Gasteiger partial charge in [0.1, 0.15) is 11.5 Å². The maximum Gasteiger partial charge on any atom is 0.287 e. The van der Waals surface area contributed by atoms with Crippen LogP contribution in [-0.2, 0) is 9.59 Å². The Bertz CT molecular complexity index is 1140. The Labute approximate surface area is 198 Å². The Morgan fingerprint density at radius 3 is 2.50 bits per heavy atom. The Kier molecular flexibility index (Phi) is 7.15. The van der Waals surface area contributed by atoms with Crippen LogP contribution < -0.4 is 15.5 Å². The number of anilines is 1. The van der Waals surface area contributed by atoms with Crippen LogP contribution in [0, 0.1) is 13.8 Å². The first kappa shape index (κ1) is 23.4. The number of amides is 3. The fourth-order valence-corrected chi connectivity index (χ4v) is 4.28. The zero-order chi connectivity index (χ0) is 24.1. The molecule has 2 aromatic heterocycles. The quantitative estimate of drug-likeness (QED) is 0.524. The molecular formula is C26H29N3O5. The van der Waals surface area contributed by atoms with Crippen molar-refractivity contribution >= 4 is 23.4 Å². The van der Waals surface area contributed by atoms with Crippen LogP contribution in [0.5, 0.6) is 0 Å². The van der Waals surface area contributed by atoms with E-state index in [-0.39, 0.29) is 24.3 Å². The molecular weight excluding hydrogens is 434 g/mol. The summed E-state index contributed by atoms with van der Waals surface area (Å²) < 4.78 is 10.9. The fourth-order valence-electron chi connectivity index (χ4n) is 4.28. The number of aryl methyl sites for hydroxylation is 2. The number of carbonyl (C=O) groups excluding carboxylic acids is 3. The summed E-state index contributed by atoms with van der Waals surface area (Å²) in [6.07, 6.45) is 5.34. The fraction of sp³-hybridized carbons (Fsp3) is 0.346. The van der Waals surface area contributed by atoms with Gasteiger partial charge in [0.15, 0.2) is 11.8 Å². The van der Waals surface area contributed by atoms with Gasteiger partial charge in [-0.3, -0.25) is 19.3 Å². The molecule has 4 rings (SSSR count). The van der Waals surface area contributed by atoms with Crippen molar-refractivity contribution in [3.63, 3.8) is 0 Å². The predicted molar refractivity (Wildman–Crippen MR) is 126 cm³/mol. The van der Waals surface area contributed by atoms with E-state index in [1.165, 1.54) is 17.2 Å². The van der Waals surface area contributed by atoms with Crippen LogP contribution in [0.25, 0.3) is 0 Å². The van der Waals surface area contributed by atoms with Crippen LogP contribution in [0.4, 0.5) is 5.69 Å². The molecule has 1 atom stereocenters. The number of hydrogen-bond donors (Lipinski definition) is 2. The predicted octanol–water partition coefficient (Wildman–Crippen LogP) is 4.05. The molecule has 1 aromatic carbocycles. The summed E-state index contributed by atoms with van der Waals surface area (Å²) in [5.41, 5.74) is 1.47. The van der Waals surface area contributed by atoms with E-state index in [0.29, 0.717) is 17.2 Å². The first-order valence-electron chi connectivity index (χ1n) is 11.5. The van der Waals surface area contributed by atoms with E-state index >= 15 is 0 Å². The summed E-state index contributed by atoms with van der Waals surface area (Å²) in [7, 11) is 0. The number of benzene rings is 1. The van der Waals surface area contributed by atoms with E-state index in [1.54, 1.807) is 31.2 Å². The van der Waals surface area contributed by atoms with E-state index in [1.807, 2.05) is 25.1 Å². The van der Waals surface area contributed by atoms with Gasteiger partial charge in [-0.1, -0.05) is 25.0 Å². The molecule has 8 nitrogen and oxygen atoms in total. The van der Waals surface area contributed by atoms with Gasteiger partial charge in [-0.05, 0) is 68.7 Å². The summed E-state index contributed by atoms with van der Waals surface area (Å²) in [4.78, 5) is 40.9. The average molecular weight is 464 g/mol. The smallest absolute Gasteiger partial charge is 0.287 e. The van der Waals surface area contributed by atoms with Gasteiger partial charge in [-0.25, -0.2) is 0 Å². The minimum atomic E-state index is -1.02. The van der Waals surface area contributed by atoms with E-state index in [9.17, 15) is 14.4 Å². The van der Waals surface area contributed by atoms with Crippen LogP contribution >= 0.6 is 0 Å². The standard InChI is InChI=1S/C26H29N3O5/c1-17-7-5-10-20(15-17)29(23(30)16-27-25(31)22-11-6-14-33-22)24(21-13-12-18(2)34-21)26(32)28-19-8-3-4-9-19/h5-7,10-15,19,24H,3-4,8-9,16H2,1-2H3,(H,27,31)(H,28,32). The highest BCUT2D eigenvalue weighted by atomic mass is 16.3. The highest BCUT2D eigenvalue weighted by Gasteiger charge is 2.36.